The Labute approximate surface area is 116 Å². The molecule has 0 spiro atoms. The lowest BCUT2D eigenvalue weighted by Crippen LogP contribution is -2.52. The number of ether oxygens (including phenoxy) is 1. The van der Waals surface area contributed by atoms with Crippen LogP contribution in [0.5, 0.6) is 5.75 Å². The van der Waals surface area contributed by atoms with Crippen LogP contribution in [0.3, 0.4) is 0 Å². The number of hydrogen-bond acceptors (Lipinski definition) is 3. The topological polar surface area (TPSA) is 24.5 Å². The van der Waals surface area contributed by atoms with E-state index in [9.17, 15) is 0 Å². The molecule has 1 aliphatic rings. The van der Waals surface area contributed by atoms with Crippen LogP contribution in [0.1, 0.15) is 51.6 Å². The van der Waals surface area contributed by atoms with Gasteiger partial charge < -0.3 is 4.74 Å². The van der Waals surface area contributed by atoms with Crippen LogP contribution in [0.2, 0.25) is 0 Å². The van der Waals surface area contributed by atoms with Gasteiger partial charge in [0.1, 0.15) is 5.75 Å². The average Bonchev–Trinajstić information content (AvgIpc) is 2.43. The van der Waals surface area contributed by atoms with Gasteiger partial charge in [0, 0.05) is 18.1 Å². The van der Waals surface area contributed by atoms with Crippen molar-refractivity contribution in [2.75, 3.05) is 7.11 Å². The molecule has 106 valence electrons. The molecule has 3 atom stereocenters. The second kappa shape index (κ2) is 6.40. The highest BCUT2D eigenvalue weighted by Crippen LogP contribution is 2.24. The summed E-state index contributed by atoms with van der Waals surface area (Å²) in [6.07, 6.45) is 3.91. The van der Waals surface area contributed by atoms with Crippen LogP contribution in [0.25, 0.3) is 0 Å². The number of rotatable bonds is 4. The molecule has 1 saturated heterocycles. The van der Waals surface area contributed by atoms with Crippen molar-refractivity contribution in [2.45, 2.75) is 58.2 Å². The summed E-state index contributed by atoms with van der Waals surface area (Å²) in [5.74, 6) is 0.913. The summed E-state index contributed by atoms with van der Waals surface area (Å²) in [5.41, 5.74) is 4.96. The van der Waals surface area contributed by atoms with Crippen molar-refractivity contribution in [3.8, 4) is 5.75 Å². The van der Waals surface area contributed by atoms with Gasteiger partial charge in [-0.3, -0.25) is 0 Å². The third-order valence-electron chi connectivity index (χ3n) is 4.15. The largest absolute Gasteiger partial charge is 0.497 e. The van der Waals surface area contributed by atoms with E-state index in [1.807, 2.05) is 12.1 Å². The molecule has 0 saturated carbocycles. The monoisotopic (exact) mass is 262 g/mol. The lowest BCUT2D eigenvalue weighted by molar-refractivity contribution is 0.0320. The summed E-state index contributed by atoms with van der Waals surface area (Å²) in [6, 6.07) is 9.88. The maximum atomic E-state index is 5.20. The molecule has 0 aromatic heterocycles. The summed E-state index contributed by atoms with van der Waals surface area (Å²) >= 11 is 0. The second-order valence-corrected chi connectivity index (χ2v) is 5.66. The van der Waals surface area contributed by atoms with Crippen LogP contribution in [0.15, 0.2) is 24.3 Å². The number of nitrogens with zero attached hydrogens (tertiary/aromatic N) is 1. The van der Waals surface area contributed by atoms with Gasteiger partial charge in [-0.1, -0.05) is 18.6 Å². The highest BCUT2D eigenvalue weighted by molar-refractivity contribution is 5.28. The van der Waals surface area contributed by atoms with Crippen molar-refractivity contribution in [3.63, 3.8) is 0 Å². The molecule has 0 aliphatic carbocycles. The molecular formula is C16H26N2O. The summed E-state index contributed by atoms with van der Waals surface area (Å²) in [6.45, 7) is 6.84. The molecule has 3 heteroatoms. The number of piperidine rings is 1. The van der Waals surface area contributed by atoms with Gasteiger partial charge >= 0.3 is 0 Å². The van der Waals surface area contributed by atoms with Crippen molar-refractivity contribution in [2.24, 2.45) is 0 Å². The third-order valence-corrected chi connectivity index (χ3v) is 4.15. The van der Waals surface area contributed by atoms with Crippen molar-refractivity contribution >= 4 is 0 Å². The van der Waals surface area contributed by atoms with Crippen LogP contribution < -0.4 is 10.2 Å². The first-order valence-corrected chi connectivity index (χ1v) is 7.30. The Balaban J connectivity index is 2.00. The van der Waals surface area contributed by atoms with E-state index in [0.29, 0.717) is 18.1 Å². The van der Waals surface area contributed by atoms with Crippen LogP contribution in [-0.4, -0.2) is 24.2 Å². The van der Waals surface area contributed by atoms with E-state index < -0.39 is 0 Å². The molecule has 2 rings (SSSR count). The van der Waals surface area contributed by atoms with E-state index >= 15 is 0 Å². The van der Waals surface area contributed by atoms with Crippen molar-refractivity contribution < 1.29 is 4.74 Å². The van der Waals surface area contributed by atoms with Gasteiger partial charge in [-0.25, -0.2) is 10.4 Å². The molecule has 0 bridgehead atoms. The van der Waals surface area contributed by atoms with E-state index in [1.54, 1.807) is 7.11 Å². The number of methoxy groups -OCH3 is 1. The summed E-state index contributed by atoms with van der Waals surface area (Å²) in [5, 5.41) is 2.43. The first-order valence-electron chi connectivity index (χ1n) is 7.30. The minimum absolute atomic E-state index is 0.328. The van der Waals surface area contributed by atoms with Crippen molar-refractivity contribution in [1.29, 1.82) is 0 Å². The normalized spacial score (nSPS) is 26.1. The van der Waals surface area contributed by atoms with Crippen molar-refractivity contribution in [3.05, 3.63) is 29.8 Å². The van der Waals surface area contributed by atoms with Crippen LogP contribution in [0.4, 0.5) is 0 Å². The number of nitrogens with one attached hydrogen (secondary N) is 1. The average molecular weight is 262 g/mol. The maximum absolute atomic E-state index is 5.20. The zero-order chi connectivity index (χ0) is 13.8. The molecule has 1 aromatic rings. The fourth-order valence-corrected chi connectivity index (χ4v) is 2.87. The minimum atomic E-state index is 0.328. The molecule has 0 amide bonds. The van der Waals surface area contributed by atoms with E-state index in [0.717, 1.165) is 5.75 Å². The minimum Gasteiger partial charge on any atom is -0.497 e. The summed E-state index contributed by atoms with van der Waals surface area (Å²) in [7, 11) is 1.70. The van der Waals surface area contributed by atoms with E-state index in [-0.39, 0.29) is 0 Å². The Morgan fingerprint density at radius 2 is 1.74 bits per heavy atom. The van der Waals surface area contributed by atoms with Gasteiger partial charge in [0.05, 0.1) is 7.11 Å². The molecule has 3 nitrogen and oxygen atoms in total. The number of hydrazine groups is 1. The lowest BCUT2D eigenvalue weighted by atomic mass is 9.99. The fourth-order valence-electron chi connectivity index (χ4n) is 2.87. The Morgan fingerprint density at radius 1 is 1.16 bits per heavy atom. The van der Waals surface area contributed by atoms with E-state index in [2.05, 4.69) is 43.3 Å². The molecule has 1 heterocycles. The van der Waals surface area contributed by atoms with Crippen LogP contribution >= 0.6 is 0 Å². The Morgan fingerprint density at radius 3 is 2.26 bits per heavy atom. The van der Waals surface area contributed by atoms with Gasteiger partial charge in [-0.15, -0.1) is 0 Å². The molecule has 19 heavy (non-hydrogen) atoms. The molecule has 1 aliphatic heterocycles. The Bertz CT molecular complexity index is 380. The smallest absolute Gasteiger partial charge is 0.118 e. The highest BCUT2D eigenvalue weighted by atomic mass is 16.5. The van der Waals surface area contributed by atoms with Gasteiger partial charge in [-0.2, -0.15) is 0 Å². The molecule has 3 unspecified atom stereocenters. The molecular weight excluding hydrogens is 236 g/mol. The lowest BCUT2D eigenvalue weighted by Gasteiger charge is -2.41. The third kappa shape index (κ3) is 3.48. The predicted molar refractivity (Wildman–Crippen MR) is 79.2 cm³/mol. The Hall–Kier alpha value is -1.06. The molecule has 1 aromatic carbocycles. The fraction of sp³-hybridized carbons (Fsp3) is 0.625. The Kier molecular flexibility index (Phi) is 4.83. The molecule has 1 fully saturated rings. The summed E-state index contributed by atoms with van der Waals surface area (Å²) in [4.78, 5) is 0. The van der Waals surface area contributed by atoms with Crippen LogP contribution in [0, 0.1) is 0 Å². The number of hydrogen-bond donors (Lipinski definition) is 1. The van der Waals surface area contributed by atoms with Gasteiger partial charge in [-0.05, 0) is 51.3 Å². The SMILES string of the molecule is COc1ccc(C(C)NN2C(C)CCCC2C)cc1. The molecule has 0 radical (unpaired) electrons. The quantitative estimate of drug-likeness (QED) is 0.898. The first kappa shape index (κ1) is 14.4. The van der Waals surface area contributed by atoms with E-state index in [4.69, 9.17) is 4.74 Å². The van der Waals surface area contributed by atoms with Gasteiger partial charge in [0.25, 0.3) is 0 Å². The predicted octanol–water partition coefficient (Wildman–Crippen LogP) is 3.52. The van der Waals surface area contributed by atoms with Gasteiger partial charge in [0.2, 0.25) is 0 Å². The zero-order valence-corrected chi connectivity index (χ0v) is 12.5. The molecule has 1 N–H and O–H groups in total. The maximum Gasteiger partial charge on any atom is 0.118 e. The summed E-state index contributed by atoms with van der Waals surface area (Å²) < 4.78 is 5.20. The standard InChI is InChI=1S/C16H26N2O/c1-12-6-5-7-13(2)18(12)17-14(3)15-8-10-16(19-4)11-9-15/h8-14,17H,5-7H2,1-4H3. The van der Waals surface area contributed by atoms with Crippen LogP contribution in [-0.2, 0) is 0 Å². The first-order chi connectivity index (χ1) is 9.11. The highest BCUT2D eigenvalue weighted by Gasteiger charge is 2.25. The van der Waals surface area contributed by atoms with E-state index in [1.165, 1.54) is 24.8 Å². The van der Waals surface area contributed by atoms with Crippen molar-refractivity contribution in [1.82, 2.24) is 10.4 Å². The zero-order valence-electron chi connectivity index (χ0n) is 12.5. The number of benzene rings is 1. The second-order valence-electron chi connectivity index (χ2n) is 5.66. The van der Waals surface area contributed by atoms with Gasteiger partial charge in [0.15, 0.2) is 0 Å².